The van der Waals surface area contributed by atoms with Crippen LogP contribution in [0.25, 0.3) is 0 Å². The van der Waals surface area contributed by atoms with Gasteiger partial charge in [-0.15, -0.1) is 0 Å². The summed E-state index contributed by atoms with van der Waals surface area (Å²) >= 11 is 0. The number of hydrogen-bond acceptors (Lipinski definition) is 2. The van der Waals surface area contributed by atoms with E-state index in [0.29, 0.717) is 0 Å². The average molecular weight is 282 g/mol. The minimum Gasteiger partial charge on any atom is -0.341 e. The molecule has 0 saturated carbocycles. The van der Waals surface area contributed by atoms with Crippen LogP contribution in [0.4, 0.5) is 8.78 Å². The van der Waals surface area contributed by atoms with Crippen LogP contribution in [0, 0.1) is 11.6 Å². The SMILES string of the molecule is CC(NC(C)c1c(F)cccc1F)C(=O)N1CCCC1. The van der Waals surface area contributed by atoms with E-state index in [9.17, 15) is 13.6 Å². The van der Waals surface area contributed by atoms with Gasteiger partial charge in [-0.05, 0) is 38.8 Å². The van der Waals surface area contributed by atoms with Crippen molar-refractivity contribution in [1.29, 1.82) is 0 Å². The largest absolute Gasteiger partial charge is 0.341 e. The molecule has 1 fully saturated rings. The Morgan fingerprint density at radius 3 is 2.30 bits per heavy atom. The summed E-state index contributed by atoms with van der Waals surface area (Å²) in [5.74, 6) is -1.19. The minimum atomic E-state index is -0.592. The second-order valence-corrected chi connectivity index (χ2v) is 5.28. The van der Waals surface area contributed by atoms with Crippen molar-refractivity contribution in [3.8, 4) is 0 Å². The molecule has 1 saturated heterocycles. The van der Waals surface area contributed by atoms with Gasteiger partial charge in [0.2, 0.25) is 5.91 Å². The van der Waals surface area contributed by atoms with E-state index in [1.807, 2.05) is 0 Å². The highest BCUT2D eigenvalue weighted by atomic mass is 19.1. The maximum Gasteiger partial charge on any atom is 0.239 e. The minimum absolute atomic E-state index is 0.00824. The lowest BCUT2D eigenvalue weighted by molar-refractivity contribution is -0.132. The summed E-state index contributed by atoms with van der Waals surface area (Å²) in [6, 6.07) is 2.77. The topological polar surface area (TPSA) is 32.3 Å². The fourth-order valence-corrected chi connectivity index (χ4v) is 2.67. The summed E-state index contributed by atoms with van der Waals surface area (Å²) in [6.45, 7) is 4.94. The lowest BCUT2D eigenvalue weighted by atomic mass is 10.1. The molecule has 2 atom stereocenters. The van der Waals surface area contributed by atoms with Crippen LogP contribution in [0.1, 0.15) is 38.3 Å². The van der Waals surface area contributed by atoms with Crippen LogP contribution in [0.5, 0.6) is 0 Å². The number of halogens is 2. The van der Waals surface area contributed by atoms with Gasteiger partial charge < -0.3 is 4.90 Å². The van der Waals surface area contributed by atoms with Crippen molar-refractivity contribution in [2.24, 2.45) is 0 Å². The zero-order valence-electron chi connectivity index (χ0n) is 11.8. The normalized spacial score (nSPS) is 18.1. The third kappa shape index (κ3) is 3.15. The van der Waals surface area contributed by atoms with Crippen LogP contribution >= 0.6 is 0 Å². The van der Waals surface area contributed by atoms with E-state index >= 15 is 0 Å². The number of nitrogens with zero attached hydrogens (tertiary/aromatic N) is 1. The molecule has 1 aliphatic rings. The lowest BCUT2D eigenvalue weighted by Crippen LogP contribution is -2.44. The number of carbonyl (C=O) groups is 1. The monoisotopic (exact) mass is 282 g/mol. The Kier molecular flexibility index (Phi) is 4.70. The molecule has 0 radical (unpaired) electrons. The molecule has 1 aromatic rings. The van der Waals surface area contributed by atoms with Crippen molar-refractivity contribution in [3.05, 3.63) is 35.4 Å². The van der Waals surface area contributed by atoms with Gasteiger partial charge in [-0.25, -0.2) is 8.78 Å². The Hall–Kier alpha value is -1.49. The van der Waals surface area contributed by atoms with Crippen molar-refractivity contribution in [3.63, 3.8) is 0 Å². The molecule has 0 aromatic heterocycles. The van der Waals surface area contributed by atoms with E-state index in [-0.39, 0.29) is 11.5 Å². The summed E-state index contributed by atoms with van der Waals surface area (Å²) in [4.78, 5) is 14.0. The molecule has 1 aliphatic heterocycles. The van der Waals surface area contributed by atoms with E-state index in [1.54, 1.807) is 18.7 Å². The Morgan fingerprint density at radius 1 is 1.20 bits per heavy atom. The zero-order chi connectivity index (χ0) is 14.7. The highest BCUT2D eigenvalue weighted by molar-refractivity contribution is 5.81. The first-order valence-corrected chi connectivity index (χ1v) is 6.99. The summed E-state index contributed by atoms with van der Waals surface area (Å²) in [6.07, 6.45) is 2.05. The number of amides is 1. The number of hydrogen-bond donors (Lipinski definition) is 1. The van der Waals surface area contributed by atoms with Gasteiger partial charge >= 0.3 is 0 Å². The van der Waals surface area contributed by atoms with Crippen LogP contribution in [0.3, 0.4) is 0 Å². The molecule has 2 rings (SSSR count). The zero-order valence-corrected chi connectivity index (χ0v) is 11.8. The predicted molar refractivity (Wildman–Crippen MR) is 73.2 cm³/mol. The van der Waals surface area contributed by atoms with E-state index < -0.39 is 23.7 Å². The first-order chi connectivity index (χ1) is 9.50. The van der Waals surface area contributed by atoms with Crippen molar-refractivity contribution in [2.75, 3.05) is 13.1 Å². The summed E-state index contributed by atoms with van der Waals surface area (Å²) < 4.78 is 27.4. The molecule has 0 spiro atoms. The van der Waals surface area contributed by atoms with Gasteiger partial charge in [0.15, 0.2) is 0 Å². The highest BCUT2D eigenvalue weighted by Crippen LogP contribution is 2.21. The Labute approximate surface area is 118 Å². The second-order valence-electron chi connectivity index (χ2n) is 5.28. The van der Waals surface area contributed by atoms with Gasteiger partial charge in [0.25, 0.3) is 0 Å². The Bertz CT molecular complexity index is 467. The maximum absolute atomic E-state index is 13.7. The third-order valence-electron chi connectivity index (χ3n) is 3.72. The number of carbonyl (C=O) groups excluding carboxylic acids is 1. The third-order valence-corrected chi connectivity index (χ3v) is 3.72. The van der Waals surface area contributed by atoms with Crippen LogP contribution in [0.15, 0.2) is 18.2 Å². The highest BCUT2D eigenvalue weighted by Gasteiger charge is 2.25. The van der Waals surface area contributed by atoms with Gasteiger partial charge in [-0.1, -0.05) is 6.07 Å². The van der Waals surface area contributed by atoms with Gasteiger partial charge in [0, 0.05) is 24.7 Å². The lowest BCUT2D eigenvalue weighted by Gasteiger charge is -2.24. The summed E-state index contributed by atoms with van der Waals surface area (Å²) in [7, 11) is 0. The van der Waals surface area contributed by atoms with Gasteiger partial charge in [0.1, 0.15) is 11.6 Å². The molecule has 1 amide bonds. The molecule has 1 N–H and O–H groups in total. The van der Waals surface area contributed by atoms with E-state index in [2.05, 4.69) is 5.32 Å². The van der Waals surface area contributed by atoms with E-state index in [4.69, 9.17) is 0 Å². The van der Waals surface area contributed by atoms with Crippen molar-refractivity contribution < 1.29 is 13.6 Å². The van der Waals surface area contributed by atoms with Crippen LogP contribution < -0.4 is 5.32 Å². The van der Waals surface area contributed by atoms with Crippen molar-refractivity contribution in [2.45, 2.75) is 38.8 Å². The summed E-state index contributed by atoms with van der Waals surface area (Å²) in [5, 5.41) is 2.98. The molecule has 0 bridgehead atoms. The van der Waals surface area contributed by atoms with E-state index in [1.165, 1.54) is 18.2 Å². The van der Waals surface area contributed by atoms with Crippen LogP contribution in [0.2, 0.25) is 0 Å². The van der Waals surface area contributed by atoms with Crippen LogP contribution in [-0.4, -0.2) is 29.9 Å². The molecule has 110 valence electrons. The number of benzene rings is 1. The number of likely N-dealkylation sites (tertiary alicyclic amines) is 1. The molecule has 3 nitrogen and oxygen atoms in total. The summed E-state index contributed by atoms with van der Waals surface area (Å²) in [5.41, 5.74) is -0.0198. The fourth-order valence-electron chi connectivity index (χ4n) is 2.67. The molecule has 1 heterocycles. The van der Waals surface area contributed by atoms with Crippen molar-refractivity contribution in [1.82, 2.24) is 10.2 Å². The standard InChI is InChI=1S/C15H20F2N2O/c1-10(14-12(16)6-5-7-13(14)17)18-11(2)15(20)19-8-3-4-9-19/h5-7,10-11,18H,3-4,8-9H2,1-2H3. The smallest absolute Gasteiger partial charge is 0.239 e. The molecule has 5 heteroatoms. The van der Waals surface area contributed by atoms with Crippen molar-refractivity contribution >= 4 is 5.91 Å². The van der Waals surface area contributed by atoms with E-state index in [0.717, 1.165) is 25.9 Å². The molecule has 1 aromatic carbocycles. The predicted octanol–water partition coefficient (Wildman–Crippen LogP) is 2.63. The fraction of sp³-hybridized carbons (Fsp3) is 0.533. The average Bonchev–Trinajstić information content (AvgIpc) is 2.91. The quantitative estimate of drug-likeness (QED) is 0.920. The molecule has 20 heavy (non-hydrogen) atoms. The Morgan fingerprint density at radius 2 is 1.75 bits per heavy atom. The molecule has 0 aliphatic carbocycles. The number of rotatable bonds is 4. The van der Waals surface area contributed by atoms with Gasteiger partial charge in [-0.2, -0.15) is 0 Å². The molecule has 2 unspecified atom stereocenters. The Balaban J connectivity index is 2.03. The molecular formula is C15H20F2N2O. The second kappa shape index (κ2) is 6.31. The maximum atomic E-state index is 13.7. The first-order valence-electron chi connectivity index (χ1n) is 6.99. The van der Waals surface area contributed by atoms with Crippen LogP contribution in [-0.2, 0) is 4.79 Å². The van der Waals surface area contributed by atoms with Gasteiger partial charge in [0.05, 0.1) is 6.04 Å². The van der Waals surface area contributed by atoms with Gasteiger partial charge in [-0.3, -0.25) is 10.1 Å². The first kappa shape index (κ1) is 14.9. The molecular weight excluding hydrogens is 262 g/mol. The number of nitrogens with one attached hydrogen (secondary N) is 1.